The number of nitrogens with zero attached hydrogens (tertiary/aromatic N) is 3. The molecule has 0 saturated carbocycles. The molecule has 2 aromatic carbocycles. The van der Waals surface area contributed by atoms with Crippen molar-refractivity contribution in [3.8, 4) is 22.4 Å². The summed E-state index contributed by atoms with van der Waals surface area (Å²) in [7, 11) is 0. The van der Waals surface area contributed by atoms with Gasteiger partial charge in [-0.3, -0.25) is 0 Å². The molecule has 4 rings (SSSR count). The molecule has 0 N–H and O–H groups in total. The van der Waals surface area contributed by atoms with E-state index < -0.39 is 0 Å². The van der Waals surface area contributed by atoms with Gasteiger partial charge >= 0.3 is 171 Å². The predicted octanol–water partition coefficient (Wildman–Crippen LogP) is 4.14. The van der Waals surface area contributed by atoms with Crippen LogP contribution in [0.15, 0.2) is 69.9 Å². The van der Waals surface area contributed by atoms with E-state index in [2.05, 4.69) is 72.2 Å². The van der Waals surface area contributed by atoms with E-state index in [1.807, 2.05) is 24.3 Å². The first kappa shape index (κ1) is 16.9. The average Bonchev–Trinajstić information content (AvgIpc) is 2.61. The summed E-state index contributed by atoms with van der Waals surface area (Å²) in [5.41, 5.74) is 4.91. The zero-order valence-electron chi connectivity index (χ0n) is 12.9. The van der Waals surface area contributed by atoms with Gasteiger partial charge in [-0.25, -0.2) is 0 Å². The summed E-state index contributed by atoms with van der Waals surface area (Å²) in [5, 5.41) is 1.02. The second kappa shape index (κ2) is 6.99. The Kier molecular flexibility index (Phi) is 4.72. The van der Waals surface area contributed by atoms with Gasteiger partial charge in [-0.05, 0) is 0 Å². The Balaban J connectivity index is 2.03. The Morgan fingerprint density at radius 1 is 0.800 bits per heavy atom. The van der Waals surface area contributed by atoms with Gasteiger partial charge in [0.2, 0.25) is 0 Å². The van der Waals surface area contributed by atoms with Gasteiger partial charge in [0.1, 0.15) is 0 Å². The molecule has 0 bridgehead atoms. The third-order valence-electron chi connectivity index (χ3n) is 3.91. The van der Waals surface area contributed by atoms with Gasteiger partial charge in [-0.2, -0.15) is 0 Å². The molecule has 4 aromatic rings. The van der Waals surface area contributed by atoms with Crippen LogP contribution in [0, 0.1) is 0 Å². The number of fused-ring (bicyclic) bond motifs is 1. The van der Waals surface area contributed by atoms with E-state index in [4.69, 9.17) is 4.98 Å². The minimum absolute atomic E-state index is 0.727. The van der Waals surface area contributed by atoms with Gasteiger partial charge < -0.3 is 0 Å². The summed E-state index contributed by atoms with van der Waals surface area (Å²) in [5.74, 6) is 0. The van der Waals surface area contributed by atoms with Crippen LogP contribution >= 0.6 is 31.9 Å². The van der Waals surface area contributed by atoms with Gasteiger partial charge in [0.25, 0.3) is 0 Å². The fourth-order valence-electron chi connectivity index (χ4n) is 2.74. The number of hydrogen-bond acceptors (Lipinski definition) is 3. The molecule has 0 spiro atoms. The van der Waals surface area contributed by atoms with Gasteiger partial charge in [-0.1, -0.05) is 0 Å². The van der Waals surface area contributed by atoms with E-state index in [1.54, 1.807) is 6.33 Å². The Hall–Kier alpha value is -1.55. The molecule has 0 aliphatic carbocycles. The normalized spacial score (nSPS) is 11.0. The average molecular weight is 517 g/mol. The zero-order chi connectivity index (χ0) is 17.4. The van der Waals surface area contributed by atoms with Crippen LogP contribution in [-0.4, -0.2) is 31.8 Å². The molecule has 25 heavy (non-hydrogen) atoms. The van der Waals surface area contributed by atoms with Crippen LogP contribution in [0.3, 0.4) is 0 Å². The predicted molar refractivity (Wildman–Crippen MR) is 112 cm³/mol. The number of halogens is 2. The van der Waals surface area contributed by atoms with Crippen molar-refractivity contribution >= 4 is 64.2 Å². The van der Waals surface area contributed by atoms with Crippen molar-refractivity contribution in [3.05, 3.63) is 69.9 Å². The Morgan fingerprint density at radius 3 is 2.36 bits per heavy atom. The molecule has 0 saturated heterocycles. The van der Waals surface area contributed by atoms with Gasteiger partial charge in [0.15, 0.2) is 0 Å². The van der Waals surface area contributed by atoms with E-state index in [0.29, 0.717) is 0 Å². The maximum absolute atomic E-state index is 4.78. The van der Waals surface area contributed by atoms with Crippen molar-refractivity contribution in [2.24, 2.45) is 0 Å². The van der Waals surface area contributed by atoms with Crippen molar-refractivity contribution in [2.45, 2.75) is 0 Å². The summed E-state index contributed by atoms with van der Waals surface area (Å²) < 4.78 is 3.08. The van der Waals surface area contributed by atoms with E-state index in [-0.39, 0.29) is 0 Å². The Morgan fingerprint density at radius 2 is 1.60 bits per heavy atom. The molecule has 0 fully saturated rings. The van der Waals surface area contributed by atoms with Crippen molar-refractivity contribution in [1.29, 1.82) is 0 Å². The van der Waals surface area contributed by atoms with E-state index in [1.165, 1.54) is 16.9 Å². The van der Waals surface area contributed by atoms with Crippen molar-refractivity contribution in [1.82, 2.24) is 15.0 Å². The third-order valence-corrected chi connectivity index (χ3v) is 5.85. The molecule has 0 aliphatic rings. The maximum atomic E-state index is 4.78. The molecular weight excluding hydrogens is 505 g/mol. The van der Waals surface area contributed by atoms with Crippen LogP contribution in [0.2, 0.25) is 0 Å². The number of hydrogen-bond donors (Lipinski definition) is 0. The zero-order valence-corrected chi connectivity index (χ0v) is 18.5. The molecule has 1 atom stereocenters. The molecular formula is C19H12AsBr2N3. The molecule has 3 nitrogen and oxygen atoms in total. The second-order valence-corrected chi connectivity index (χ2v) is 8.51. The van der Waals surface area contributed by atoms with E-state index in [0.717, 1.165) is 46.8 Å². The van der Waals surface area contributed by atoms with Gasteiger partial charge in [-0.15, -0.1) is 0 Å². The van der Waals surface area contributed by atoms with E-state index in [9.17, 15) is 0 Å². The first-order valence-electron chi connectivity index (χ1n) is 7.55. The molecule has 2 heterocycles. The van der Waals surface area contributed by atoms with Crippen LogP contribution < -0.4 is 4.48 Å². The Bertz CT molecular complexity index is 1080. The molecule has 0 amide bonds. The first-order valence-corrected chi connectivity index (χ1v) is 10.3. The first-order chi connectivity index (χ1) is 12.1. The number of aromatic nitrogens is 3. The summed E-state index contributed by atoms with van der Waals surface area (Å²) in [6.07, 6.45) is 1.59. The van der Waals surface area contributed by atoms with E-state index >= 15 is 0 Å². The molecule has 1 unspecified atom stereocenters. The fraction of sp³-hybridized carbons (Fsp3) is 0. The second-order valence-electron chi connectivity index (χ2n) is 5.53. The topological polar surface area (TPSA) is 38.7 Å². The van der Waals surface area contributed by atoms with Crippen LogP contribution in [0.4, 0.5) is 0 Å². The number of rotatable bonds is 2. The quantitative estimate of drug-likeness (QED) is 0.376. The van der Waals surface area contributed by atoms with Crippen molar-refractivity contribution in [2.75, 3.05) is 0 Å². The van der Waals surface area contributed by atoms with Crippen LogP contribution in [0.1, 0.15) is 0 Å². The molecule has 0 radical (unpaired) electrons. The Labute approximate surface area is 170 Å². The van der Waals surface area contributed by atoms with Crippen molar-refractivity contribution < 1.29 is 0 Å². The van der Waals surface area contributed by atoms with Crippen molar-refractivity contribution in [3.63, 3.8) is 0 Å². The SMILES string of the molecule is [AsH2]c1ncnc2nc(-c3ccc(Br)cc3)cc(-c3cccc(Br)c3)c12. The summed E-state index contributed by atoms with van der Waals surface area (Å²) >= 11 is 8.52. The van der Waals surface area contributed by atoms with Gasteiger partial charge in [0, 0.05) is 0 Å². The van der Waals surface area contributed by atoms with Gasteiger partial charge in [0.05, 0.1) is 0 Å². The van der Waals surface area contributed by atoms with Crippen LogP contribution in [0.25, 0.3) is 33.4 Å². The molecule has 0 aliphatic heterocycles. The molecule has 122 valence electrons. The summed E-state index contributed by atoms with van der Waals surface area (Å²) in [6, 6.07) is 18.6. The monoisotopic (exact) mass is 515 g/mol. The standard InChI is InChI=1S/C19H12AsBr2N3/c20-18-17-15(12-2-1-3-14(22)8-12)9-16(25-19(17)24-10-23-18)11-4-6-13(21)7-5-11/h1-10H,20H2. The summed E-state index contributed by atoms with van der Waals surface area (Å²) in [6.45, 7) is 0. The third kappa shape index (κ3) is 3.41. The number of benzene rings is 2. The minimum atomic E-state index is 0.727. The number of pyridine rings is 1. The summed E-state index contributed by atoms with van der Waals surface area (Å²) in [4.78, 5) is 13.6. The fourth-order valence-corrected chi connectivity index (χ4v) is 4.14. The van der Waals surface area contributed by atoms with Crippen LogP contribution in [0.5, 0.6) is 0 Å². The molecule has 2 aromatic heterocycles. The molecule has 6 heteroatoms. The van der Waals surface area contributed by atoms with Crippen LogP contribution in [-0.2, 0) is 0 Å².